The van der Waals surface area contributed by atoms with E-state index < -0.39 is 5.97 Å². The summed E-state index contributed by atoms with van der Waals surface area (Å²) in [5.74, 6) is 0.273. The van der Waals surface area contributed by atoms with Crippen LogP contribution in [-0.4, -0.2) is 27.7 Å². The maximum Gasteiger partial charge on any atom is 0.306 e. The van der Waals surface area contributed by atoms with Crippen molar-refractivity contribution in [1.82, 2.24) is 9.97 Å². The highest BCUT2D eigenvalue weighted by Gasteiger charge is 2.10. The third kappa shape index (κ3) is 3.18. The van der Waals surface area contributed by atoms with Gasteiger partial charge in [0.25, 0.3) is 0 Å². The zero-order valence-corrected chi connectivity index (χ0v) is 9.78. The van der Waals surface area contributed by atoms with Crippen LogP contribution in [0, 0.1) is 13.8 Å². The molecule has 0 aliphatic rings. The lowest BCUT2D eigenvalue weighted by atomic mass is 10.2. The Morgan fingerprint density at radius 1 is 1.38 bits per heavy atom. The number of aliphatic carboxylic acids is 1. The monoisotopic (exact) mass is 224 g/mol. The molecule has 0 amide bonds. The van der Waals surface area contributed by atoms with Crippen LogP contribution in [-0.2, 0) is 11.2 Å². The van der Waals surface area contributed by atoms with E-state index in [-0.39, 0.29) is 13.0 Å². The number of carboxylic acids is 1. The number of hydrogen-bond acceptors (Lipinski definition) is 4. The van der Waals surface area contributed by atoms with Crippen molar-refractivity contribution in [1.29, 1.82) is 0 Å². The molecule has 0 aliphatic heterocycles. The molecule has 5 heteroatoms. The van der Waals surface area contributed by atoms with Gasteiger partial charge in [-0.05, 0) is 20.3 Å². The molecule has 0 bridgehead atoms. The smallest absolute Gasteiger partial charge is 0.306 e. The minimum Gasteiger partial charge on any atom is -0.481 e. The van der Waals surface area contributed by atoms with E-state index in [0.29, 0.717) is 11.7 Å². The molecule has 1 aromatic heterocycles. The summed E-state index contributed by atoms with van der Waals surface area (Å²) in [5.41, 5.74) is 1.83. The van der Waals surface area contributed by atoms with Crippen molar-refractivity contribution in [2.45, 2.75) is 33.6 Å². The van der Waals surface area contributed by atoms with E-state index >= 15 is 0 Å². The molecule has 1 aromatic rings. The van der Waals surface area contributed by atoms with Crippen LogP contribution in [0.25, 0.3) is 0 Å². The summed E-state index contributed by atoms with van der Waals surface area (Å²) in [7, 11) is 0. The molecule has 0 saturated heterocycles. The molecule has 0 aromatic carbocycles. The first-order valence-corrected chi connectivity index (χ1v) is 5.23. The average molecular weight is 224 g/mol. The number of rotatable bonds is 5. The summed E-state index contributed by atoms with van der Waals surface area (Å²) >= 11 is 0. The van der Waals surface area contributed by atoms with Gasteiger partial charge >= 0.3 is 5.97 Å². The van der Waals surface area contributed by atoms with E-state index in [1.54, 1.807) is 6.92 Å². The zero-order valence-electron chi connectivity index (χ0n) is 9.78. The van der Waals surface area contributed by atoms with Gasteiger partial charge in [0, 0.05) is 11.3 Å². The van der Waals surface area contributed by atoms with Gasteiger partial charge in [0.15, 0.2) is 0 Å². The lowest BCUT2D eigenvalue weighted by Crippen LogP contribution is -2.09. The fraction of sp³-hybridized carbons (Fsp3) is 0.545. The van der Waals surface area contributed by atoms with Crippen LogP contribution < -0.4 is 4.74 Å². The molecule has 88 valence electrons. The SMILES string of the molecule is CCc1c(C)nc(C)nc1OCCC(=O)O. The number of ether oxygens (including phenoxy) is 1. The first kappa shape index (κ1) is 12.4. The molecular formula is C11H16N2O3. The van der Waals surface area contributed by atoms with Gasteiger partial charge in [-0.25, -0.2) is 4.98 Å². The first-order chi connectivity index (χ1) is 7.54. The summed E-state index contributed by atoms with van der Waals surface area (Å²) in [6.07, 6.45) is 0.750. The van der Waals surface area contributed by atoms with Gasteiger partial charge in [-0.2, -0.15) is 4.98 Å². The number of aryl methyl sites for hydroxylation is 2. The van der Waals surface area contributed by atoms with Gasteiger partial charge < -0.3 is 9.84 Å². The van der Waals surface area contributed by atoms with E-state index in [9.17, 15) is 4.79 Å². The molecular weight excluding hydrogens is 208 g/mol. The Hall–Kier alpha value is -1.65. The Kier molecular flexibility index (Phi) is 4.22. The second-order valence-corrected chi connectivity index (χ2v) is 3.49. The molecule has 1 heterocycles. The predicted octanol–water partition coefficient (Wildman–Crippen LogP) is 1.51. The summed E-state index contributed by atoms with van der Waals surface area (Å²) in [4.78, 5) is 18.8. The largest absolute Gasteiger partial charge is 0.481 e. The molecule has 1 N–H and O–H groups in total. The summed E-state index contributed by atoms with van der Waals surface area (Å²) in [6, 6.07) is 0. The number of nitrogens with zero attached hydrogens (tertiary/aromatic N) is 2. The second-order valence-electron chi connectivity index (χ2n) is 3.49. The van der Waals surface area contributed by atoms with Crippen LogP contribution in [0.1, 0.15) is 30.4 Å². The number of carboxylic acid groups (broad SMARTS) is 1. The molecule has 5 nitrogen and oxygen atoms in total. The quantitative estimate of drug-likeness (QED) is 0.820. The van der Waals surface area contributed by atoms with E-state index in [1.807, 2.05) is 13.8 Å². The van der Waals surface area contributed by atoms with Crippen molar-refractivity contribution in [2.75, 3.05) is 6.61 Å². The predicted molar refractivity (Wildman–Crippen MR) is 58.6 cm³/mol. The molecule has 0 aliphatic carbocycles. The highest BCUT2D eigenvalue weighted by Crippen LogP contribution is 2.19. The van der Waals surface area contributed by atoms with Gasteiger partial charge in [0.1, 0.15) is 12.4 Å². The maximum absolute atomic E-state index is 10.4. The van der Waals surface area contributed by atoms with Gasteiger partial charge in [-0.1, -0.05) is 6.92 Å². The van der Waals surface area contributed by atoms with Gasteiger partial charge in [-0.15, -0.1) is 0 Å². The van der Waals surface area contributed by atoms with E-state index in [0.717, 1.165) is 17.7 Å². The molecule has 0 fully saturated rings. The minimum absolute atomic E-state index is 0.0226. The lowest BCUT2D eigenvalue weighted by Gasteiger charge is -2.11. The maximum atomic E-state index is 10.4. The number of aromatic nitrogens is 2. The van der Waals surface area contributed by atoms with Crippen molar-refractivity contribution in [3.63, 3.8) is 0 Å². The van der Waals surface area contributed by atoms with Crippen molar-refractivity contribution in [3.05, 3.63) is 17.1 Å². The van der Waals surface area contributed by atoms with Crippen LogP contribution >= 0.6 is 0 Å². The number of carbonyl (C=O) groups is 1. The highest BCUT2D eigenvalue weighted by molar-refractivity contribution is 5.66. The lowest BCUT2D eigenvalue weighted by molar-refractivity contribution is -0.137. The Morgan fingerprint density at radius 2 is 2.06 bits per heavy atom. The zero-order chi connectivity index (χ0) is 12.1. The summed E-state index contributed by atoms with van der Waals surface area (Å²) < 4.78 is 5.37. The van der Waals surface area contributed by atoms with Crippen LogP contribution in [0.2, 0.25) is 0 Å². The fourth-order valence-electron chi connectivity index (χ4n) is 1.47. The topological polar surface area (TPSA) is 72.3 Å². The number of hydrogen-bond donors (Lipinski definition) is 1. The molecule has 1 rings (SSSR count). The van der Waals surface area contributed by atoms with Gasteiger partial charge in [0.05, 0.1) is 6.42 Å². The normalized spacial score (nSPS) is 10.2. The van der Waals surface area contributed by atoms with Crippen molar-refractivity contribution in [2.24, 2.45) is 0 Å². The van der Waals surface area contributed by atoms with E-state index in [2.05, 4.69) is 9.97 Å². The Morgan fingerprint density at radius 3 is 2.62 bits per heavy atom. The molecule has 0 saturated carbocycles. The third-order valence-corrected chi connectivity index (χ3v) is 2.20. The van der Waals surface area contributed by atoms with Crippen molar-refractivity contribution < 1.29 is 14.6 Å². The van der Waals surface area contributed by atoms with Crippen LogP contribution in [0.4, 0.5) is 0 Å². The van der Waals surface area contributed by atoms with Crippen LogP contribution in [0.15, 0.2) is 0 Å². The van der Waals surface area contributed by atoms with E-state index in [1.165, 1.54) is 0 Å². The fourth-order valence-corrected chi connectivity index (χ4v) is 1.47. The Balaban J connectivity index is 2.81. The highest BCUT2D eigenvalue weighted by atomic mass is 16.5. The van der Waals surface area contributed by atoms with Crippen LogP contribution in [0.5, 0.6) is 5.88 Å². The molecule has 0 spiro atoms. The Labute approximate surface area is 94.5 Å². The van der Waals surface area contributed by atoms with Gasteiger partial charge in [-0.3, -0.25) is 4.79 Å². The Bertz CT molecular complexity index is 391. The van der Waals surface area contributed by atoms with E-state index in [4.69, 9.17) is 9.84 Å². The summed E-state index contributed by atoms with van der Waals surface area (Å²) in [6.45, 7) is 5.82. The molecule has 16 heavy (non-hydrogen) atoms. The van der Waals surface area contributed by atoms with Crippen molar-refractivity contribution in [3.8, 4) is 5.88 Å². The molecule has 0 radical (unpaired) electrons. The van der Waals surface area contributed by atoms with Crippen molar-refractivity contribution >= 4 is 5.97 Å². The standard InChI is InChI=1S/C11H16N2O3/c1-4-9-7(2)12-8(3)13-11(9)16-6-5-10(14)15/h4-6H2,1-3H3,(H,14,15). The molecule has 0 unspecified atom stereocenters. The second kappa shape index (κ2) is 5.44. The minimum atomic E-state index is -0.874. The first-order valence-electron chi connectivity index (χ1n) is 5.23. The summed E-state index contributed by atoms with van der Waals surface area (Å²) in [5, 5.41) is 8.51. The molecule has 0 atom stereocenters. The average Bonchev–Trinajstić information content (AvgIpc) is 2.16. The van der Waals surface area contributed by atoms with Crippen LogP contribution in [0.3, 0.4) is 0 Å². The third-order valence-electron chi connectivity index (χ3n) is 2.20. The van der Waals surface area contributed by atoms with Gasteiger partial charge in [0.2, 0.25) is 5.88 Å².